The average molecular weight is 269 g/mol. The predicted molar refractivity (Wildman–Crippen MR) is 70.9 cm³/mol. The Morgan fingerprint density at radius 1 is 1.47 bits per heavy atom. The third-order valence-corrected chi connectivity index (χ3v) is 2.58. The van der Waals surface area contributed by atoms with Crippen molar-refractivity contribution >= 4 is 5.97 Å². The third kappa shape index (κ3) is 5.26. The first-order valence-electron chi connectivity index (χ1n) is 6.28. The maximum absolute atomic E-state index is 13.4. The van der Waals surface area contributed by atoms with Crippen LogP contribution in [0.25, 0.3) is 0 Å². The molecule has 0 spiro atoms. The van der Waals surface area contributed by atoms with Crippen LogP contribution in [0.15, 0.2) is 18.2 Å². The lowest BCUT2D eigenvalue weighted by Gasteiger charge is -2.17. The van der Waals surface area contributed by atoms with Crippen LogP contribution in [0.4, 0.5) is 4.39 Å². The summed E-state index contributed by atoms with van der Waals surface area (Å²) in [6, 6.07) is 3.97. The van der Waals surface area contributed by atoms with E-state index in [4.69, 9.17) is 9.84 Å². The molecule has 0 aromatic heterocycles. The van der Waals surface area contributed by atoms with E-state index in [2.05, 4.69) is 5.32 Å². The number of ether oxygens (including phenoxy) is 1. The summed E-state index contributed by atoms with van der Waals surface area (Å²) in [6.07, 6.45) is 0.279. The highest BCUT2D eigenvalue weighted by molar-refractivity contribution is 5.73. The maximum atomic E-state index is 13.4. The van der Waals surface area contributed by atoms with Gasteiger partial charge in [0.15, 0.2) is 11.6 Å². The van der Waals surface area contributed by atoms with Crippen LogP contribution in [-0.4, -0.2) is 29.8 Å². The number of carboxylic acid groups (broad SMARTS) is 1. The summed E-state index contributed by atoms with van der Waals surface area (Å²) in [6.45, 7) is 5.73. The van der Waals surface area contributed by atoms with E-state index in [0.29, 0.717) is 0 Å². The van der Waals surface area contributed by atoms with Gasteiger partial charge in [0.2, 0.25) is 0 Å². The van der Waals surface area contributed by atoms with Crippen LogP contribution >= 0.6 is 0 Å². The van der Waals surface area contributed by atoms with E-state index in [1.54, 1.807) is 12.1 Å². The minimum absolute atomic E-state index is 0.0665. The monoisotopic (exact) mass is 269 g/mol. The summed E-state index contributed by atoms with van der Waals surface area (Å²) in [5, 5.41) is 11.9. The van der Waals surface area contributed by atoms with Crippen molar-refractivity contribution in [2.24, 2.45) is 0 Å². The lowest BCUT2D eigenvalue weighted by Crippen LogP contribution is -2.41. The Morgan fingerprint density at radius 2 is 2.16 bits per heavy atom. The minimum Gasteiger partial charge on any atom is -0.490 e. The topological polar surface area (TPSA) is 58.6 Å². The fourth-order valence-corrected chi connectivity index (χ4v) is 1.69. The van der Waals surface area contributed by atoms with Crippen LogP contribution < -0.4 is 10.1 Å². The lowest BCUT2D eigenvalue weighted by atomic mass is 10.2. The van der Waals surface area contributed by atoms with Crippen molar-refractivity contribution in [2.45, 2.75) is 39.3 Å². The first-order valence-corrected chi connectivity index (χ1v) is 6.28. The highest BCUT2D eigenvalue weighted by atomic mass is 19.1. The van der Waals surface area contributed by atoms with E-state index in [1.165, 1.54) is 6.07 Å². The number of hydrogen-bond donors (Lipinski definition) is 2. The van der Waals surface area contributed by atoms with Gasteiger partial charge in [-0.2, -0.15) is 0 Å². The molecule has 1 unspecified atom stereocenters. The summed E-state index contributed by atoms with van der Waals surface area (Å²) < 4.78 is 18.7. The van der Waals surface area contributed by atoms with E-state index in [9.17, 15) is 9.18 Å². The van der Waals surface area contributed by atoms with Gasteiger partial charge in [-0.1, -0.05) is 19.9 Å². The van der Waals surface area contributed by atoms with Crippen molar-refractivity contribution in [1.29, 1.82) is 0 Å². The van der Waals surface area contributed by atoms with Crippen molar-refractivity contribution in [3.8, 4) is 5.75 Å². The zero-order valence-electron chi connectivity index (χ0n) is 11.4. The molecule has 0 fully saturated rings. The number of benzene rings is 1. The van der Waals surface area contributed by atoms with Crippen molar-refractivity contribution in [2.75, 3.05) is 6.61 Å². The van der Waals surface area contributed by atoms with Gasteiger partial charge in [0.1, 0.15) is 6.04 Å². The van der Waals surface area contributed by atoms with Crippen molar-refractivity contribution in [3.63, 3.8) is 0 Å². The molecule has 0 saturated heterocycles. The molecule has 1 aromatic carbocycles. The molecule has 106 valence electrons. The minimum atomic E-state index is -0.929. The Hall–Kier alpha value is -1.62. The van der Waals surface area contributed by atoms with Crippen LogP contribution in [0.2, 0.25) is 0 Å². The molecule has 5 heteroatoms. The van der Waals surface area contributed by atoms with Gasteiger partial charge >= 0.3 is 5.97 Å². The number of halogens is 1. The Kier molecular flexibility index (Phi) is 5.76. The number of aliphatic carboxylic acids is 1. The molecule has 0 amide bonds. The maximum Gasteiger partial charge on any atom is 0.320 e. The highest BCUT2D eigenvalue weighted by Crippen LogP contribution is 2.18. The van der Waals surface area contributed by atoms with Gasteiger partial charge in [-0.15, -0.1) is 0 Å². The Morgan fingerprint density at radius 3 is 2.74 bits per heavy atom. The predicted octanol–water partition coefficient (Wildman–Crippen LogP) is 2.35. The quantitative estimate of drug-likeness (QED) is 0.797. The van der Waals surface area contributed by atoms with Crippen LogP contribution in [0.3, 0.4) is 0 Å². The number of carbonyl (C=O) groups is 1. The lowest BCUT2D eigenvalue weighted by molar-refractivity contribution is -0.140. The molecule has 0 aliphatic carbocycles. The zero-order chi connectivity index (χ0) is 14.4. The second-order valence-corrected chi connectivity index (χ2v) is 4.78. The molecule has 1 aromatic rings. The normalized spacial score (nSPS) is 12.5. The van der Waals surface area contributed by atoms with Crippen LogP contribution in [0, 0.1) is 12.7 Å². The van der Waals surface area contributed by atoms with Crippen LogP contribution in [0.5, 0.6) is 5.75 Å². The molecule has 0 bridgehead atoms. The number of nitrogens with one attached hydrogen (secondary N) is 1. The molecule has 0 heterocycles. The largest absolute Gasteiger partial charge is 0.490 e. The fourth-order valence-electron chi connectivity index (χ4n) is 1.69. The smallest absolute Gasteiger partial charge is 0.320 e. The fraction of sp³-hybridized carbons (Fsp3) is 0.500. The molecule has 19 heavy (non-hydrogen) atoms. The second kappa shape index (κ2) is 7.09. The van der Waals surface area contributed by atoms with Gasteiger partial charge in [-0.25, -0.2) is 4.39 Å². The zero-order valence-corrected chi connectivity index (χ0v) is 11.4. The van der Waals surface area contributed by atoms with E-state index in [-0.39, 0.29) is 24.8 Å². The number of carboxylic acids is 1. The van der Waals surface area contributed by atoms with Gasteiger partial charge in [-0.3, -0.25) is 4.79 Å². The van der Waals surface area contributed by atoms with Gasteiger partial charge in [0.05, 0.1) is 6.61 Å². The molecule has 1 rings (SSSR count). The first-order chi connectivity index (χ1) is 8.90. The third-order valence-electron chi connectivity index (χ3n) is 2.58. The standard InChI is InChI=1S/C14H20FNO3/c1-9(2)16-12(14(17)18)6-7-19-13-8-10(3)4-5-11(13)15/h4-5,8-9,12,16H,6-7H2,1-3H3,(H,17,18). The summed E-state index contributed by atoms with van der Waals surface area (Å²) in [5.74, 6) is -1.20. The SMILES string of the molecule is Cc1ccc(F)c(OCCC(NC(C)C)C(=O)O)c1. The van der Waals surface area contributed by atoms with E-state index in [0.717, 1.165) is 5.56 Å². The highest BCUT2D eigenvalue weighted by Gasteiger charge is 2.18. The van der Waals surface area contributed by atoms with Gasteiger partial charge in [0, 0.05) is 12.5 Å². The average Bonchev–Trinajstić information content (AvgIpc) is 2.31. The van der Waals surface area contributed by atoms with E-state index < -0.39 is 17.8 Å². The summed E-state index contributed by atoms with van der Waals surface area (Å²) >= 11 is 0. The van der Waals surface area contributed by atoms with Crippen molar-refractivity contribution < 1.29 is 19.0 Å². The van der Waals surface area contributed by atoms with E-state index in [1.807, 2.05) is 20.8 Å². The molecule has 0 aliphatic heterocycles. The van der Waals surface area contributed by atoms with Gasteiger partial charge in [-0.05, 0) is 24.6 Å². The number of aryl methyl sites for hydroxylation is 1. The Labute approximate surface area is 112 Å². The summed E-state index contributed by atoms with van der Waals surface area (Å²) in [5.41, 5.74) is 0.895. The molecule has 1 atom stereocenters. The van der Waals surface area contributed by atoms with Crippen LogP contribution in [0.1, 0.15) is 25.8 Å². The summed E-state index contributed by atoms with van der Waals surface area (Å²) in [7, 11) is 0. The molecule has 0 saturated carbocycles. The first kappa shape index (κ1) is 15.4. The molecule has 2 N–H and O–H groups in total. The molecule has 4 nitrogen and oxygen atoms in total. The van der Waals surface area contributed by atoms with Crippen LogP contribution in [-0.2, 0) is 4.79 Å². The number of hydrogen-bond acceptors (Lipinski definition) is 3. The number of rotatable bonds is 7. The van der Waals surface area contributed by atoms with E-state index >= 15 is 0 Å². The molecule has 0 aliphatic rings. The molecular formula is C14H20FNO3. The molecular weight excluding hydrogens is 249 g/mol. The second-order valence-electron chi connectivity index (χ2n) is 4.78. The van der Waals surface area contributed by atoms with Crippen molar-refractivity contribution in [1.82, 2.24) is 5.32 Å². The Balaban J connectivity index is 2.52. The Bertz CT molecular complexity index is 435. The van der Waals surface area contributed by atoms with Gasteiger partial charge in [0.25, 0.3) is 0 Å². The molecule has 0 radical (unpaired) electrons. The van der Waals surface area contributed by atoms with Crippen molar-refractivity contribution in [3.05, 3.63) is 29.6 Å². The summed E-state index contributed by atoms with van der Waals surface area (Å²) in [4.78, 5) is 11.0. The van der Waals surface area contributed by atoms with Gasteiger partial charge < -0.3 is 15.2 Å².